The van der Waals surface area contributed by atoms with Gasteiger partial charge in [-0.2, -0.15) is 0 Å². The molecule has 4 heteroatoms. The zero-order valence-electron chi connectivity index (χ0n) is 12.3. The fourth-order valence-electron chi connectivity index (χ4n) is 2.00. The average molecular weight is 287 g/mol. The fourth-order valence-corrected chi connectivity index (χ4v) is 2.76. The molecule has 0 spiro atoms. The van der Waals surface area contributed by atoms with Crippen LogP contribution < -0.4 is 0 Å². The summed E-state index contributed by atoms with van der Waals surface area (Å²) in [4.78, 5) is 15.0. The van der Waals surface area contributed by atoms with E-state index in [0.717, 1.165) is 29.2 Å². The lowest BCUT2D eigenvalue weighted by Crippen LogP contribution is -2.21. The first-order valence-electron chi connectivity index (χ1n) is 6.90. The van der Waals surface area contributed by atoms with E-state index in [9.17, 15) is 4.79 Å². The summed E-state index contributed by atoms with van der Waals surface area (Å²) in [6.07, 6.45) is 2.47. The molecule has 1 aromatic carbocycles. The van der Waals surface area contributed by atoms with Crippen LogP contribution >= 0.6 is 0 Å². The normalized spacial score (nSPS) is 11.8. The van der Waals surface area contributed by atoms with Gasteiger partial charge in [-0.1, -0.05) is 31.8 Å². The van der Waals surface area contributed by atoms with Gasteiger partial charge in [0, 0.05) is 26.3 Å². The molecule has 0 radical (unpaired) electrons. The lowest BCUT2D eigenvalue weighted by molar-refractivity contribution is 0.112. The monoisotopic (exact) mass is 287 g/mol. The van der Waals surface area contributed by atoms with Crippen LogP contribution in [0.5, 0.6) is 0 Å². The summed E-state index contributed by atoms with van der Waals surface area (Å²) < 4.78 is 5.75. The Hall–Kier alpha value is -1.52. The topological polar surface area (TPSA) is 39.2 Å². The number of carbonyl (C=O) groups excluding carboxylic acids is 1. The summed E-state index contributed by atoms with van der Waals surface area (Å²) in [5, 5.41) is 1.93. The Morgan fingerprint density at radius 1 is 1.25 bits per heavy atom. The van der Waals surface area contributed by atoms with Crippen molar-refractivity contribution < 1.29 is 9.53 Å². The van der Waals surface area contributed by atoms with Gasteiger partial charge in [-0.3, -0.25) is 9.78 Å². The Morgan fingerprint density at radius 2 is 2.05 bits per heavy atom. The number of benzene rings is 1. The second kappa shape index (κ2) is 6.28. The minimum Gasteiger partial charge on any atom is -0.377 e. The summed E-state index contributed by atoms with van der Waals surface area (Å²) in [6, 6.07) is 9.13. The van der Waals surface area contributed by atoms with Crippen molar-refractivity contribution in [2.45, 2.75) is 32.3 Å². The van der Waals surface area contributed by atoms with Crippen LogP contribution in [0.25, 0.3) is 10.8 Å². The second-order valence-corrected chi connectivity index (χ2v) is 11.9. The van der Waals surface area contributed by atoms with Crippen molar-refractivity contribution in [1.29, 1.82) is 0 Å². The van der Waals surface area contributed by atoms with Gasteiger partial charge in [0.15, 0.2) is 6.29 Å². The second-order valence-electron chi connectivity index (χ2n) is 6.23. The van der Waals surface area contributed by atoms with E-state index in [-0.39, 0.29) is 0 Å². The zero-order chi connectivity index (χ0) is 14.6. The number of nitrogens with zero attached hydrogens (tertiary/aromatic N) is 1. The van der Waals surface area contributed by atoms with Crippen LogP contribution in [-0.2, 0) is 11.3 Å². The molecule has 2 rings (SSSR count). The molecule has 0 saturated carbocycles. The molecular formula is C16H21NO2Si. The minimum absolute atomic E-state index is 0.494. The molecule has 0 aliphatic rings. The van der Waals surface area contributed by atoms with E-state index in [2.05, 4.69) is 30.7 Å². The molecule has 0 unspecified atom stereocenters. The highest BCUT2D eigenvalue weighted by Gasteiger charge is 2.12. The van der Waals surface area contributed by atoms with Crippen molar-refractivity contribution in [1.82, 2.24) is 4.98 Å². The highest BCUT2D eigenvalue weighted by molar-refractivity contribution is 6.76. The maximum Gasteiger partial charge on any atom is 0.169 e. The Labute approximate surface area is 121 Å². The lowest BCUT2D eigenvalue weighted by atomic mass is 10.1. The first kappa shape index (κ1) is 14.9. The number of fused-ring (bicyclic) bond motifs is 1. The van der Waals surface area contributed by atoms with Crippen LogP contribution in [0, 0.1) is 0 Å². The summed E-state index contributed by atoms with van der Waals surface area (Å²) in [5.41, 5.74) is 1.63. The van der Waals surface area contributed by atoms with E-state index in [1.165, 1.54) is 6.04 Å². The molecule has 0 aliphatic heterocycles. The van der Waals surface area contributed by atoms with Crippen molar-refractivity contribution in [2.24, 2.45) is 0 Å². The first-order chi connectivity index (χ1) is 9.49. The molecule has 0 saturated heterocycles. The predicted molar refractivity (Wildman–Crippen MR) is 84.9 cm³/mol. The molecule has 0 N–H and O–H groups in total. The van der Waals surface area contributed by atoms with Gasteiger partial charge in [0.25, 0.3) is 0 Å². The molecule has 0 bridgehead atoms. The maximum absolute atomic E-state index is 10.9. The maximum atomic E-state index is 10.9. The SMILES string of the molecule is C[Si](C)(C)CCOCc1ccc2c(C=O)nccc2c1. The number of aldehydes is 1. The minimum atomic E-state index is -1.02. The largest absolute Gasteiger partial charge is 0.377 e. The van der Waals surface area contributed by atoms with Gasteiger partial charge >= 0.3 is 0 Å². The molecule has 0 aliphatic carbocycles. The van der Waals surface area contributed by atoms with Crippen LogP contribution in [0.1, 0.15) is 16.1 Å². The molecule has 2 aromatic rings. The van der Waals surface area contributed by atoms with Gasteiger partial charge in [-0.15, -0.1) is 0 Å². The summed E-state index contributed by atoms with van der Waals surface area (Å²) >= 11 is 0. The summed E-state index contributed by atoms with van der Waals surface area (Å²) in [6.45, 7) is 8.49. The van der Waals surface area contributed by atoms with E-state index < -0.39 is 8.07 Å². The highest BCUT2D eigenvalue weighted by atomic mass is 28.3. The smallest absolute Gasteiger partial charge is 0.169 e. The highest BCUT2D eigenvalue weighted by Crippen LogP contribution is 2.18. The Bertz CT molecular complexity index is 605. The lowest BCUT2D eigenvalue weighted by Gasteiger charge is -2.15. The van der Waals surface area contributed by atoms with Gasteiger partial charge < -0.3 is 4.74 Å². The van der Waals surface area contributed by atoms with Crippen molar-refractivity contribution in [3.8, 4) is 0 Å². The van der Waals surface area contributed by atoms with Gasteiger partial charge in [0.2, 0.25) is 0 Å². The molecule has 1 aromatic heterocycles. The Kier molecular flexibility index (Phi) is 4.67. The molecule has 3 nitrogen and oxygen atoms in total. The van der Waals surface area contributed by atoms with Crippen LogP contribution in [0.15, 0.2) is 30.5 Å². The average Bonchev–Trinajstić information content (AvgIpc) is 2.41. The van der Waals surface area contributed by atoms with E-state index in [0.29, 0.717) is 12.3 Å². The first-order valence-corrected chi connectivity index (χ1v) is 10.6. The number of rotatable bonds is 6. The van der Waals surface area contributed by atoms with Crippen molar-refractivity contribution in [2.75, 3.05) is 6.61 Å². The predicted octanol–water partition coefficient (Wildman–Crippen LogP) is 3.90. The van der Waals surface area contributed by atoms with Gasteiger partial charge in [0.05, 0.1) is 6.61 Å². The molecule has 0 atom stereocenters. The Morgan fingerprint density at radius 3 is 2.75 bits per heavy atom. The van der Waals surface area contributed by atoms with Crippen molar-refractivity contribution in [3.05, 3.63) is 41.7 Å². The molecule has 20 heavy (non-hydrogen) atoms. The van der Waals surface area contributed by atoms with E-state index >= 15 is 0 Å². The van der Waals surface area contributed by atoms with Crippen molar-refractivity contribution in [3.63, 3.8) is 0 Å². The molecule has 1 heterocycles. The van der Waals surface area contributed by atoms with E-state index in [4.69, 9.17) is 4.74 Å². The zero-order valence-corrected chi connectivity index (χ0v) is 13.3. The van der Waals surface area contributed by atoms with Crippen molar-refractivity contribution >= 4 is 25.1 Å². The summed E-state index contributed by atoms with van der Waals surface area (Å²) in [5.74, 6) is 0. The van der Waals surface area contributed by atoms with E-state index in [1.807, 2.05) is 18.2 Å². The van der Waals surface area contributed by atoms with E-state index in [1.54, 1.807) is 6.20 Å². The quantitative estimate of drug-likeness (QED) is 0.459. The number of pyridine rings is 1. The molecule has 0 fully saturated rings. The standard InChI is InChI=1S/C16H21NO2Si/c1-20(2,3)9-8-19-12-13-4-5-15-14(10-13)6-7-17-16(15)11-18/h4-7,10-11H,8-9,12H2,1-3H3. The molecule has 106 valence electrons. The van der Waals surface area contributed by atoms with Crippen LogP contribution in [-0.4, -0.2) is 26.0 Å². The Balaban J connectivity index is 2.03. The number of hydrogen-bond acceptors (Lipinski definition) is 3. The third-order valence-electron chi connectivity index (χ3n) is 3.24. The van der Waals surface area contributed by atoms with Gasteiger partial charge in [0.1, 0.15) is 5.69 Å². The van der Waals surface area contributed by atoms with Crippen LogP contribution in [0.3, 0.4) is 0 Å². The van der Waals surface area contributed by atoms with Gasteiger partial charge in [-0.25, -0.2) is 0 Å². The molecule has 0 amide bonds. The third-order valence-corrected chi connectivity index (χ3v) is 4.94. The number of aromatic nitrogens is 1. The van der Waals surface area contributed by atoms with Crippen LogP contribution in [0.2, 0.25) is 25.7 Å². The fraction of sp³-hybridized carbons (Fsp3) is 0.375. The van der Waals surface area contributed by atoms with Gasteiger partial charge in [-0.05, 0) is 29.1 Å². The van der Waals surface area contributed by atoms with Crippen LogP contribution in [0.4, 0.5) is 0 Å². The molecular weight excluding hydrogens is 266 g/mol. The third kappa shape index (κ3) is 3.98. The number of ether oxygens (including phenoxy) is 1. The summed E-state index contributed by atoms with van der Waals surface area (Å²) in [7, 11) is -1.02. The number of carbonyl (C=O) groups is 1. The number of hydrogen-bond donors (Lipinski definition) is 0.